The van der Waals surface area contributed by atoms with Crippen molar-refractivity contribution in [3.8, 4) is 0 Å². The van der Waals surface area contributed by atoms with Crippen LogP contribution in [0.1, 0.15) is 32.1 Å². The average molecular weight is 284 g/mol. The molecule has 0 saturated carbocycles. The molecule has 19 heavy (non-hydrogen) atoms. The molecule has 3 rings (SSSR count). The van der Waals surface area contributed by atoms with Crippen LogP contribution in [0.25, 0.3) is 0 Å². The Balaban J connectivity index is 1.45. The van der Waals surface area contributed by atoms with Crippen LogP contribution in [0.4, 0.5) is 0 Å². The standard InChI is InChI=1S/C14H24N2O2S/c17-14-8-13(19)10-16(14)11-3-5-15(6-4-11)9-12-2-1-7-18-12/h11-13,19H,1-10H2. The lowest BCUT2D eigenvalue weighted by molar-refractivity contribution is -0.130. The molecule has 0 aromatic rings. The quantitative estimate of drug-likeness (QED) is 0.790. The first-order chi connectivity index (χ1) is 9.22. The van der Waals surface area contributed by atoms with E-state index in [1.807, 2.05) is 0 Å². The summed E-state index contributed by atoms with van der Waals surface area (Å²) in [5.74, 6) is 0.303. The van der Waals surface area contributed by atoms with Gasteiger partial charge >= 0.3 is 0 Å². The molecule has 0 aromatic heterocycles. The predicted molar refractivity (Wildman–Crippen MR) is 77.5 cm³/mol. The molecule has 2 unspecified atom stereocenters. The van der Waals surface area contributed by atoms with Gasteiger partial charge in [-0.2, -0.15) is 12.6 Å². The van der Waals surface area contributed by atoms with Crippen LogP contribution in [0, 0.1) is 0 Å². The number of thiol groups is 1. The minimum Gasteiger partial charge on any atom is -0.377 e. The summed E-state index contributed by atoms with van der Waals surface area (Å²) < 4.78 is 5.70. The molecule has 3 aliphatic rings. The molecule has 3 fully saturated rings. The summed E-state index contributed by atoms with van der Waals surface area (Å²) >= 11 is 4.44. The Morgan fingerprint density at radius 3 is 2.63 bits per heavy atom. The van der Waals surface area contributed by atoms with Crippen LogP contribution < -0.4 is 0 Å². The molecule has 108 valence electrons. The maximum absolute atomic E-state index is 11.9. The normalized spacial score (nSPS) is 34.4. The molecule has 0 N–H and O–H groups in total. The van der Waals surface area contributed by atoms with Crippen LogP contribution in [0.15, 0.2) is 0 Å². The van der Waals surface area contributed by atoms with Crippen LogP contribution in [-0.4, -0.2) is 65.9 Å². The molecule has 0 bridgehead atoms. The molecule has 0 radical (unpaired) electrons. The van der Waals surface area contributed by atoms with Gasteiger partial charge in [0.05, 0.1) is 6.10 Å². The highest BCUT2D eigenvalue weighted by Crippen LogP contribution is 2.25. The van der Waals surface area contributed by atoms with Gasteiger partial charge in [0, 0.05) is 50.5 Å². The third kappa shape index (κ3) is 3.26. The molecule has 3 heterocycles. The fraction of sp³-hybridized carbons (Fsp3) is 0.929. The number of piperidine rings is 1. The smallest absolute Gasteiger partial charge is 0.224 e. The van der Waals surface area contributed by atoms with Crippen LogP contribution in [-0.2, 0) is 9.53 Å². The van der Waals surface area contributed by atoms with Gasteiger partial charge in [0.15, 0.2) is 0 Å². The van der Waals surface area contributed by atoms with E-state index in [1.165, 1.54) is 12.8 Å². The van der Waals surface area contributed by atoms with E-state index in [1.54, 1.807) is 0 Å². The zero-order chi connectivity index (χ0) is 13.2. The Labute approximate surface area is 120 Å². The second-order valence-electron chi connectivity index (χ2n) is 6.07. The van der Waals surface area contributed by atoms with E-state index >= 15 is 0 Å². The Morgan fingerprint density at radius 1 is 1.26 bits per heavy atom. The van der Waals surface area contributed by atoms with E-state index in [9.17, 15) is 4.79 Å². The molecule has 0 aliphatic carbocycles. The number of likely N-dealkylation sites (tertiary alicyclic amines) is 2. The third-order valence-electron chi connectivity index (χ3n) is 4.62. The number of carbonyl (C=O) groups excluding carboxylic acids is 1. The van der Waals surface area contributed by atoms with Crippen molar-refractivity contribution in [1.29, 1.82) is 0 Å². The largest absolute Gasteiger partial charge is 0.377 e. The van der Waals surface area contributed by atoms with Gasteiger partial charge in [-0.25, -0.2) is 0 Å². The minimum atomic E-state index is 0.248. The highest BCUT2D eigenvalue weighted by molar-refractivity contribution is 7.81. The number of amides is 1. The summed E-state index contributed by atoms with van der Waals surface area (Å²) in [6.07, 6.45) is 5.72. The summed E-state index contributed by atoms with van der Waals surface area (Å²) in [5.41, 5.74) is 0. The summed E-state index contributed by atoms with van der Waals surface area (Å²) in [6.45, 7) is 5.07. The van der Waals surface area contributed by atoms with Crippen molar-refractivity contribution in [2.45, 2.75) is 49.5 Å². The summed E-state index contributed by atoms with van der Waals surface area (Å²) in [4.78, 5) is 16.5. The number of ether oxygens (including phenoxy) is 1. The van der Waals surface area contributed by atoms with Gasteiger partial charge < -0.3 is 14.5 Å². The van der Waals surface area contributed by atoms with Gasteiger partial charge in [-0.1, -0.05) is 0 Å². The molecule has 2 atom stereocenters. The van der Waals surface area contributed by atoms with Gasteiger partial charge in [0.25, 0.3) is 0 Å². The van der Waals surface area contributed by atoms with E-state index in [-0.39, 0.29) is 5.25 Å². The van der Waals surface area contributed by atoms with E-state index in [0.29, 0.717) is 24.5 Å². The van der Waals surface area contributed by atoms with Gasteiger partial charge in [-0.15, -0.1) is 0 Å². The summed E-state index contributed by atoms with van der Waals surface area (Å²) in [6, 6.07) is 0.449. The minimum absolute atomic E-state index is 0.248. The van der Waals surface area contributed by atoms with Crippen LogP contribution in [0.3, 0.4) is 0 Å². The Bertz CT molecular complexity index is 325. The first kappa shape index (κ1) is 13.7. The first-order valence-electron chi connectivity index (χ1n) is 7.54. The molecular formula is C14H24N2O2S. The number of carbonyl (C=O) groups is 1. The Hall–Kier alpha value is -0.260. The molecule has 1 amide bonds. The van der Waals surface area contributed by atoms with Crippen molar-refractivity contribution in [3.63, 3.8) is 0 Å². The van der Waals surface area contributed by atoms with Crippen molar-refractivity contribution in [1.82, 2.24) is 9.80 Å². The zero-order valence-electron chi connectivity index (χ0n) is 11.5. The fourth-order valence-electron chi connectivity index (χ4n) is 3.55. The van der Waals surface area contributed by atoms with E-state index in [4.69, 9.17) is 4.74 Å². The molecule has 0 aromatic carbocycles. The molecule has 3 saturated heterocycles. The maximum atomic E-state index is 11.9. The lowest BCUT2D eigenvalue weighted by Gasteiger charge is -2.37. The average Bonchev–Trinajstić information content (AvgIpc) is 3.00. The SMILES string of the molecule is O=C1CC(S)CN1C1CCN(CC2CCCO2)CC1. The fourth-order valence-corrected chi connectivity index (χ4v) is 3.89. The van der Waals surface area contributed by atoms with Crippen molar-refractivity contribution in [2.24, 2.45) is 0 Å². The molecule has 0 spiro atoms. The van der Waals surface area contributed by atoms with Gasteiger partial charge in [0.1, 0.15) is 0 Å². The Kier molecular flexibility index (Phi) is 4.34. The number of rotatable bonds is 3. The molecular weight excluding hydrogens is 260 g/mol. The summed E-state index contributed by atoms with van der Waals surface area (Å²) in [5, 5.41) is 0.248. The lowest BCUT2D eigenvalue weighted by Crippen LogP contribution is -2.47. The van der Waals surface area contributed by atoms with Crippen LogP contribution in [0.5, 0.6) is 0 Å². The van der Waals surface area contributed by atoms with Crippen LogP contribution in [0.2, 0.25) is 0 Å². The van der Waals surface area contributed by atoms with Gasteiger partial charge in [0.2, 0.25) is 5.91 Å². The van der Waals surface area contributed by atoms with Crippen molar-refractivity contribution in [3.05, 3.63) is 0 Å². The van der Waals surface area contributed by atoms with E-state index < -0.39 is 0 Å². The number of hydrogen-bond donors (Lipinski definition) is 1. The van der Waals surface area contributed by atoms with E-state index in [0.717, 1.165) is 45.6 Å². The highest BCUT2D eigenvalue weighted by Gasteiger charge is 2.34. The monoisotopic (exact) mass is 284 g/mol. The second-order valence-corrected chi connectivity index (χ2v) is 6.80. The number of hydrogen-bond acceptors (Lipinski definition) is 4. The lowest BCUT2D eigenvalue weighted by atomic mass is 10.0. The predicted octanol–water partition coefficient (Wildman–Crippen LogP) is 1.16. The topological polar surface area (TPSA) is 32.8 Å². The van der Waals surface area contributed by atoms with Crippen molar-refractivity contribution < 1.29 is 9.53 Å². The van der Waals surface area contributed by atoms with Gasteiger partial charge in [-0.05, 0) is 25.7 Å². The zero-order valence-corrected chi connectivity index (χ0v) is 12.4. The van der Waals surface area contributed by atoms with Crippen molar-refractivity contribution in [2.75, 3.05) is 32.8 Å². The molecule has 5 heteroatoms. The number of nitrogens with zero attached hydrogens (tertiary/aromatic N) is 2. The van der Waals surface area contributed by atoms with Crippen LogP contribution >= 0.6 is 12.6 Å². The molecule has 4 nitrogen and oxygen atoms in total. The second kappa shape index (κ2) is 6.02. The first-order valence-corrected chi connectivity index (χ1v) is 8.05. The highest BCUT2D eigenvalue weighted by atomic mass is 32.1. The van der Waals surface area contributed by atoms with Crippen molar-refractivity contribution >= 4 is 18.5 Å². The summed E-state index contributed by atoms with van der Waals surface area (Å²) in [7, 11) is 0. The van der Waals surface area contributed by atoms with E-state index in [2.05, 4.69) is 22.4 Å². The Morgan fingerprint density at radius 2 is 2.05 bits per heavy atom. The molecule has 3 aliphatic heterocycles. The third-order valence-corrected chi connectivity index (χ3v) is 4.97. The van der Waals surface area contributed by atoms with Gasteiger partial charge in [-0.3, -0.25) is 4.79 Å². The maximum Gasteiger partial charge on any atom is 0.224 e.